The van der Waals surface area contributed by atoms with E-state index in [1.165, 1.54) is 18.3 Å². The molecule has 2 N–H and O–H groups in total. The predicted molar refractivity (Wildman–Crippen MR) is 133 cm³/mol. The zero-order chi connectivity index (χ0) is 23.4. The maximum atomic E-state index is 14.0. The number of nitrogens with one attached hydrogen (secondary N) is 2. The summed E-state index contributed by atoms with van der Waals surface area (Å²) in [6.45, 7) is 1.92. The zero-order valence-corrected chi connectivity index (χ0v) is 18.6. The molecular formula is C25H23FN3NaO3S. The molecule has 6 nitrogen and oxygen atoms in total. The van der Waals surface area contributed by atoms with Crippen molar-refractivity contribution in [2.45, 2.75) is 24.3 Å². The molecule has 4 aromatic rings. The summed E-state index contributed by atoms with van der Waals surface area (Å²) >= 11 is 0. The number of hydrogen-bond acceptors (Lipinski definition) is 4. The molecule has 0 aliphatic heterocycles. The van der Waals surface area contributed by atoms with E-state index in [1.54, 1.807) is 24.3 Å². The van der Waals surface area contributed by atoms with Gasteiger partial charge in [0.2, 0.25) is 0 Å². The number of rotatable bonds is 7. The summed E-state index contributed by atoms with van der Waals surface area (Å²) < 4.78 is 42.9. The Kier molecular flexibility index (Phi) is 8.43. The van der Waals surface area contributed by atoms with Gasteiger partial charge in [-0.2, -0.15) is 0 Å². The third-order valence-corrected chi connectivity index (χ3v) is 6.67. The van der Waals surface area contributed by atoms with E-state index in [4.69, 9.17) is 0 Å². The third-order valence-electron chi connectivity index (χ3n) is 5.27. The number of hydrogen-bond donors (Lipinski definition) is 2. The Labute approximate surface area is 220 Å². The summed E-state index contributed by atoms with van der Waals surface area (Å²) in [6, 6.07) is 20.7. The molecule has 0 radical (unpaired) electrons. The van der Waals surface area contributed by atoms with E-state index in [-0.39, 0.29) is 51.7 Å². The molecule has 170 valence electrons. The summed E-state index contributed by atoms with van der Waals surface area (Å²) in [5.41, 5.74) is 1.07. The first-order valence-corrected chi connectivity index (χ1v) is 11.9. The number of pyridine rings is 1. The fourth-order valence-electron chi connectivity index (χ4n) is 3.63. The fraction of sp³-hybridized carbons (Fsp3) is 0.120. The van der Waals surface area contributed by atoms with Crippen LogP contribution in [0.5, 0.6) is 0 Å². The topological polar surface area (TPSA) is 88.2 Å². The minimum atomic E-state index is -4.11. The number of amides is 1. The van der Waals surface area contributed by atoms with Gasteiger partial charge in [-0.3, -0.25) is 14.5 Å². The molecule has 0 saturated carbocycles. The average Bonchev–Trinajstić information content (AvgIpc) is 2.83. The minimum absolute atomic E-state index is 0. The second-order valence-electron chi connectivity index (χ2n) is 7.47. The number of carbonyl (C=O) groups excluding carboxylic acids is 1. The molecule has 0 aliphatic rings. The number of para-hydroxylation sites is 1. The molecule has 0 spiro atoms. The molecule has 3 aromatic carbocycles. The van der Waals surface area contributed by atoms with Crippen LogP contribution in [0.4, 0.5) is 10.1 Å². The second-order valence-corrected chi connectivity index (χ2v) is 9.12. The van der Waals surface area contributed by atoms with E-state index in [0.29, 0.717) is 17.3 Å². The number of benzene rings is 3. The van der Waals surface area contributed by atoms with Crippen LogP contribution >= 0.6 is 0 Å². The molecule has 34 heavy (non-hydrogen) atoms. The SMILES string of the molecule is CC[C@H](NC(=O)c1cc(F)ccc1NS(=O)(=O)c1cccc2cccnc12)c1ccccc1.[NaH]. The van der Waals surface area contributed by atoms with E-state index in [9.17, 15) is 17.6 Å². The van der Waals surface area contributed by atoms with Crippen molar-refractivity contribution in [3.63, 3.8) is 0 Å². The van der Waals surface area contributed by atoms with Gasteiger partial charge < -0.3 is 5.32 Å². The van der Waals surface area contributed by atoms with Gasteiger partial charge in [-0.1, -0.05) is 55.5 Å². The molecule has 0 bridgehead atoms. The average molecular weight is 488 g/mol. The van der Waals surface area contributed by atoms with Crippen LogP contribution in [0.3, 0.4) is 0 Å². The zero-order valence-electron chi connectivity index (χ0n) is 17.8. The molecule has 1 aromatic heterocycles. The molecule has 1 amide bonds. The van der Waals surface area contributed by atoms with Crippen molar-refractivity contribution in [1.29, 1.82) is 0 Å². The summed E-state index contributed by atoms with van der Waals surface area (Å²) in [5, 5.41) is 3.53. The Bertz CT molecular complexity index is 1410. The molecule has 0 unspecified atom stereocenters. The quantitative estimate of drug-likeness (QED) is 0.378. The number of sulfonamides is 1. The fourth-order valence-corrected chi connectivity index (χ4v) is 4.89. The van der Waals surface area contributed by atoms with Gasteiger partial charge in [-0.05, 0) is 42.3 Å². The number of halogens is 1. The van der Waals surface area contributed by atoms with Gasteiger partial charge in [0, 0.05) is 11.6 Å². The van der Waals surface area contributed by atoms with E-state index < -0.39 is 21.7 Å². The van der Waals surface area contributed by atoms with Crippen molar-refractivity contribution in [1.82, 2.24) is 10.3 Å². The van der Waals surface area contributed by atoms with Gasteiger partial charge in [0.25, 0.3) is 15.9 Å². The Morgan fingerprint density at radius 3 is 2.47 bits per heavy atom. The van der Waals surface area contributed by atoms with Crippen LogP contribution in [0, 0.1) is 5.82 Å². The Hall–Kier alpha value is -2.78. The first kappa shape index (κ1) is 25.8. The number of nitrogens with zero attached hydrogens (tertiary/aromatic N) is 1. The number of fused-ring (bicyclic) bond motifs is 1. The van der Waals surface area contributed by atoms with Crippen LogP contribution in [-0.4, -0.2) is 48.9 Å². The van der Waals surface area contributed by atoms with Crippen LogP contribution in [0.15, 0.2) is 90.0 Å². The molecular weight excluding hydrogens is 464 g/mol. The molecule has 4 rings (SSSR count). The Morgan fingerprint density at radius 2 is 1.74 bits per heavy atom. The van der Waals surface area contributed by atoms with Gasteiger partial charge in [-0.15, -0.1) is 0 Å². The van der Waals surface area contributed by atoms with Crippen LogP contribution < -0.4 is 10.0 Å². The van der Waals surface area contributed by atoms with Gasteiger partial charge in [-0.25, -0.2) is 12.8 Å². The van der Waals surface area contributed by atoms with Crippen molar-refractivity contribution >= 4 is 62.1 Å². The van der Waals surface area contributed by atoms with Crippen molar-refractivity contribution in [2.75, 3.05) is 4.72 Å². The molecule has 9 heteroatoms. The maximum absolute atomic E-state index is 14.0. The Morgan fingerprint density at radius 1 is 1.00 bits per heavy atom. The summed E-state index contributed by atoms with van der Waals surface area (Å²) in [5.74, 6) is -1.23. The van der Waals surface area contributed by atoms with Gasteiger partial charge in [0.1, 0.15) is 10.7 Å². The van der Waals surface area contributed by atoms with Crippen LogP contribution in [0.2, 0.25) is 0 Å². The molecule has 0 saturated heterocycles. The number of carbonyl (C=O) groups is 1. The van der Waals surface area contributed by atoms with E-state index in [0.717, 1.165) is 17.7 Å². The van der Waals surface area contributed by atoms with Crippen molar-refractivity contribution in [2.24, 2.45) is 0 Å². The molecule has 0 aliphatic carbocycles. The first-order valence-electron chi connectivity index (χ1n) is 10.4. The van der Waals surface area contributed by atoms with E-state index >= 15 is 0 Å². The van der Waals surface area contributed by atoms with Gasteiger partial charge in [0.05, 0.1) is 22.8 Å². The first-order chi connectivity index (χ1) is 15.9. The normalized spacial score (nSPS) is 11.9. The van der Waals surface area contributed by atoms with Crippen molar-refractivity contribution < 1.29 is 17.6 Å². The van der Waals surface area contributed by atoms with Gasteiger partial charge in [0.15, 0.2) is 0 Å². The van der Waals surface area contributed by atoms with Gasteiger partial charge >= 0.3 is 29.6 Å². The summed E-state index contributed by atoms with van der Waals surface area (Å²) in [4.78, 5) is 17.2. The number of anilines is 1. The molecule has 1 atom stereocenters. The van der Waals surface area contributed by atoms with Crippen LogP contribution in [0.1, 0.15) is 35.3 Å². The monoisotopic (exact) mass is 487 g/mol. The summed E-state index contributed by atoms with van der Waals surface area (Å²) in [7, 11) is -4.11. The number of aromatic nitrogens is 1. The Balaban J connectivity index is 0.00000324. The van der Waals surface area contributed by atoms with E-state index in [2.05, 4.69) is 15.0 Å². The second kappa shape index (κ2) is 11.1. The molecule has 0 fully saturated rings. The van der Waals surface area contributed by atoms with Crippen LogP contribution in [-0.2, 0) is 10.0 Å². The van der Waals surface area contributed by atoms with Crippen molar-refractivity contribution in [3.8, 4) is 0 Å². The summed E-state index contributed by atoms with van der Waals surface area (Å²) in [6.07, 6.45) is 2.11. The van der Waals surface area contributed by atoms with Crippen molar-refractivity contribution in [3.05, 3.63) is 102 Å². The van der Waals surface area contributed by atoms with E-state index in [1.807, 2.05) is 37.3 Å². The predicted octanol–water partition coefficient (Wildman–Crippen LogP) is 4.41. The molecule has 1 heterocycles. The van der Waals surface area contributed by atoms with Crippen LogP contribution in [0.25, 0.3) is 10.9 Å². The standard InChI is InChI=1S/C25H22FN3O3S.Na.H/c1-2-21(17-8-4-3-5-9-17)28-25(30)20-16-19(26)13-14-22(20)29-33(31,32)23-12-6-10-18-11-7-15-27-24(18)23;;/h3-16,21,29H,2H2,1H3,(H,28,30);;/t21-;;/m0../s1. The third kappa shape index (κ3) is 5.64.